The Labute approximate surface area is 94.5 Å². The van der Waals surface area contributed by atoms with Crippen molar-refractivity contribution < 1.29 is 25.3 Å². The molecule has 0 spiro atoms. The zero-order chi connectivity index (χ0) is 10.2. The van der Waals surface area contributed by atoms with Crippen LogP contribution in [0.5, 0.6) is 0 Å². The quantitative estimate of drug-likeness (QED) is 0.291. The van der Waals surface area contributed by atoms with Crippen molar-refractivity contribution in [3.8, 4) is 0 Å². The van der Waals surface area contributed by atoms with E-state index >= 15 is 0 Å². The number of rotatable bonds is 8. The standard InChI is InChI=1S/C6H17N2O3PS.2H2O/c7-3-1-4-8-5-2-6-11-12(9,10)13;;/h8H,1-7H2,(H2,9,10,13);2*1H2. The van der Waals surface area contributed by atoms with E-state index in [0.29, 0.717) is 13.0 Å². The fourth-order valence-corrected chi connectivity index (χ4v) is 1.32. The summed E-state index contributed by atoms with van der Waals surface area (Å²) in [6.07, 6.45) is 1.66. The summed E-state index contributed by atoms with van der Waals surface area (Å²) in [5.74, 6) is 0. The lowest BCUT2D eigenvalue weighted by molar-refractivity contribution is 0.247. The second-order valence-electron chi connectivity index (χ2n) is 2.57. The maximum atomic E-state index is 8.68. The van der Waals surface area contributed by atoms with Crippen LogP contribution >= 0.6 is 6.72 Å². The minimum absolute atomic E-state index is 0. The molecule has 0 aromatic carbocycles. The third-order valence-electron chi connectivity index (χ3n) is 1.32. The van der Waals surface area contributed by atoms with E-state index in [0.717, 1.165) is 19.5 Å². The maximum Gasteiger partial charge on any atom is 0.321 e. The van der Waals surface area contributed by atoms with Crippen molar-refractivity contribution in [3.05, 3.63) is 0 Å². The molecule has 9 N–H and O–H groups in total. The molecule has 0 rings (SSSR count). The summed E-state index contributed by atoms with van der Waals surface area (Å²) >= 11 is 4.27. The molecule has 0 fully saturated rings. The molecular formula is C6H21N2O5PS. The van der Waals surface area contributed by atoms with E-state index in [1.54, 1.807) is 0 Å². The third kappa shape index (κ3) is 20.4. The molecule has 9 heteroatoms. The Morgan fingerprint density at radius 3 is 2.20 bits per heavy atom. The Hall–Kier alpha value is 0.370. The highest BCUT2D eigenvalue weighted by Crippen LogP contribution is 2.35. The van der Waals surface area contributed by atoms with Crippen LogP contribution in [-0.2, 0) is 16.3 Å². The molecule has 0 aromatic heterocycles. The number of hydrogen-bond donors (Lipinski definition) is 4. The van der Waals surface area contributed by atoms with Crippen LogP contribution in [0.1, 0.15) is 12.8 Å². The average Bonchev–Trinajstić information content (AvgIpc) is 2.01. The van der Waals surface area contributed by atoms with Gasteiger partial charge in [-0.15, -0.1) is 0 Å². The van der Waals surface area contributed by atoms with Crippen molar-refractivity contribution in [2.24, 2.45) is 5.73 Å². The fourth-order valence-electron chi connectivity index (χ4n) is 0.733. The van der Waals surface area contributed by atoms with Gasteiger partial charge in [-0.25, -0.2) is 0 Å². The SMILES string of the molecule is NCCCNCCCOP(O)(O)=S.O.O. The topological polar surface area (TPSA) is 151 Å². The predicted molar refractivity (Wildman–Crippen MR) is 63.1 cm³/mol. The summed E-state index contributed by atoms with van der Waals surface area (Å²) in [7, 11) is 0. The van der Waals surface area contributed by atoms with Crippen molar-refractivity contribution in [2.45, 2.75) is 12.8 Å². The zero-order valence-electron chi connectivity index (χ0n) is 8.48. The van der Waals surface area contributed by atoms with Gasteiger partial charge in [0, 0.05) is 0 Å². The van der Waals surface area contributed by atoms with Crippen LogP contribution in [0.2, 0.25) is 0 Å². The van der Waals surface area contributed by atoms with E-state index in [9.17, 15) is 0 Å². The molecule has 0 bridgehead atoms. The van der Waals surface area contributed by atoms with E-state index < -0.39 is 6.72 Å². The molecule has 0 aromatic rings. The molecule has 96 valence electrons. The minimum Gasteiger partial charge on any atom is -0.412 e. The second kappa shape index (κ2) is 12.4. The number of hydrogen-bond acceptors (Lipinski definition) is 4. The molecule has 0 radical (unpaired) electrons. The van der Waals surface area contributed by atoms with Gasteiger partial charge >= 0.3 is 6.72 Å². The minimum atomic E-state index is -3.44. The summed E-state index contributed by atoms with van der Waals surface area (Å²) in [6, 6.07) is 0. The van der Waals surface area contributed by atoms with E-state index in [4.69, 9.17) is 15.5 Å². The Balaban J connectivity index is -0.000000720. The summed E-state index contributed by atoms with van der Waals surface area (Å²) < 4.78 is 4.61. The van der Waals surface area contributed by atoms with Crippen LogP contribution in [0.3, 0.4) is 0 Å². The molecule has 0 heterocycles. The fraction of sp³-hybridized carbons (Fsp3) is 1.00. The van der Waals surface area contributed by atoms with Gasteiger partial charge in [-0.2, -0.15) is 0 Å². The van der Waals surface area contributed by atoms with E-state index in [1.807, 2.05) is 0 Å². The lowest BCUT2D eigenvalue weighted by atomic mass is 10.4. The summed E-state index contributed by atoms with van der Waals surface area (Å²) in [5.41, 5.74) is 5.29. The highest BCUT2D eigenvalue weighted by molar-refractivity contribution is 8.06. The number of nitrogens with two attached hydrogens (primary N) is 1. The molecular weight excluding hydrogens is 243 g/mol. The van der Waals surface area contributed by atoms with Crippen LogP contribution in [0.15, 0.2) is 0 Å². The first kappa shape index (κ1) is 20.7. The van der Waals surface area contributed by atoms with Crippen LogP contribution in [0.4, 0.5) is 0 Å². The summed E-state index contributed by atoms with van der Waals surface area (Å²) in [6.45, 7) is -0.835. The first-order valence-corrected chi connectivity index (χ1v) is 6.79. The molecule has 0 aliphatic rings. The molecule has 15 heavy (non-hydrogen) atoms. The van der Waals surface area contributed by atoms with Crippen LogP contribution in [-0.4, -0.2) is 47.0 Å². The van der Waals surface area contributed by atoms with Crippen molar-refractivity contribution in [2.75, 3.05) is 26.2 Å². The molecule has 0 saturated carbocycles. The van der Waals surface area contributed by atoms with Crippen LogP contribution in [0, 0.1) is 0 Å². The third-order valence-corrected chi connectivity index (χ3v) is 2.15. The lowest BCUT2D eigenvalue weighted by Gasteiger charge is -2.08. The van der Waals surface area contributed by atoms with Gasteiger partial charge in [0.1, 0.15) is 0 Å². The second-order valence-corrected chi connectivity index (χ2v) is 5.24. The molecule has 7 nitrogen and oxygen atoms in total. The predicted octanol–water partition coefficient (Wildman–Crippen LogP) is -2.11. The van der Waals surface area contributed by atoms with Crippen molar-refractivity contribution in [3.63, 3.8) is 0 Å². The largest absolute Gasteiger partial charge is 0.412 e. The Morgan fingerprint density at radius 1 is 1.20 bits per heavy atom. The molecule has 0 atom stereocenters. The molecule has 0 aliphatic carbocycles. The first-order chi connectivity index (χ1) is 6.06. The molecule has 0 aliphatic heterocycles. The highest BCUT2D eigenvalue weighted by atomic mass is 32.5. The summed E-state index contributed by atoms with van der Waals surface area (Å²) in [5, 5.41) is 3.13. The summed E-state index contributed by atoms with van der Waals surface area (Å²) in [4.78, 5) is 17.4. The van der Waals surface area contributed by atoms with Gasteiger partial charge in [-0.3, -0.25) is 0 Å². The van der Waals surface area contributed by atoms with Crippen molar-refractivity contribution in [1.82, 2.24) is 5.32 Å². The smallest absolute Gasteiger partial charge is 0.321 e. The molecule has 0 unspecified atom stereocenters. The monoisotopic (exact) mass is 264 g/mol. The first-order valence-electron chi connectivity index (χ1n) is 4.17. The Morgan fingerprint density at radius 2 is 1.73 bits per heavy atom. The van der Waals surface area contributed by atoms with Gasteiger partial charge in [0.2, 0.25) is 0 Å². The average molecular weight is 264 g/mol. The number of nitrogens with one attached hydrogen (secondary N) is 1. The Kier molecular flexibility index (Phi) is 17.2. The Bertz CT molecular complexity index is 168. The van der Waals surface area contributed by atoms with Gasteiger partial charge in [0.05, 0.1) is 6.61 Å². The molecule has 0 amide bonds. The molecule has 0 saturated heterocycles. The van der Waals surface area contributed by atoms with Gasteiger partial charge in [-0.05, 0) is 44.3 Å². The highest BCUT2D eigenvalue weighted by Gasteiger charge is 2.05. The van der Waals surface area contributed by atoms with E-state index in [2.05, 4.69) is 21.6 Å². The normalized spacial score (nSPS) is 10.3. The van der Waals surface area contributed by atoms with Gasteiger partial charge < -0.3 is 36.3 Å². The van der Waals surface area contributed by atoms with E-state index in [1.165, 1.54) is 0 Å². The van der Waals surface area contributed by atoms with Crippen molar-refractivity contribution >= 4 is 18.5 Å². The van der Waals surface area contributed by atoms with Gasteiger partial charge in [0.25, 0.3) is 0 Å². The van der Waals surface area contributed by atoms with Crippen molar-refractivity contribution in [1.29, 1.82) is 0 Å². The maximum absolute atomic E-state index is 8.68. The van der Waals surface area contributed by atoms with Crippen LogP contribution in [0.25, 0.3) is 0 Å². The van der Waals surface area contributed by atoms with Gasteiger partial charge in [0.15, 0.2) is 0 Å². The van der Waals surface area contributed by atoms with Gasteiger partial charge in [-0.1, -0.05) is 0 Å². The zero-order valence-corrected chi connectivity index (χ0v) is 10.2. The van der Waals surface area contributed by atoms with Crippen LogP contribution < -0.4 is 11.1 Å². The lowest BCUT2D eigenvalue weighted by Crippen LogP contribution is -2.20. The van der Waals surface area contributed by atoms with E-state index in [-0.39, 0.29) is 17.6 Å².